The van der Waals surface area contributed by atoms with Gasteiger partial charge in [-0.2, -0.15) is 0 Å². The van der Waals surface area contributed by atoms with E-state index in [9.17, 15) is 5.11 Å². The number of nitrogens with zero attached hydrogens (tertiary/aromatic N) is 1. The van der Waals surface area contributed by atoms with Crippen LogP contribution in [0.15, 0.2) is 10.6 Å². The minimum Gasteiger partial charge on any atom is -0.395 e. The van der Waals surface area contributed by atoms with Crippen LogP contribution in [0.1, 0.15) is 46.1 Å². The predicted octanol–water partition coefficient (Wildman–Crippen LogP) is 2.24. The van der Waals surface area contributed by atoms with Crippen molar-refractivity contribution in [1.82, 2.24) is 5.16 Å². The van der Waals surface area contributed by atoms with Gasteiger partial charge in [0, 0.05) is 16.9 Å². The Labute approximate surface area is 85.1 Å². The summed E-state index contributed by atoms with van der Waals surface area (Å²) in [5.41, 5.74) is 0.453. The largest absolute Gasteiger partial charge is 0.395 e. The predicted molar refractivity (Wildman–Crippen MR) is 55.3 cm³/mol. The van der Waals surface area contributed by atoms with Crippen LogP contribution < -0.4 is 0 Å². The van der Waals surface area contributed by atoms with Gasteiger partial charge in [-0.25, -0.2) is 0 Å². The third-order valence-corrected chi connectivity index (χ3v) is 2.34. The maximum absolute atomic E-state index is 9.18. The summed E-state index contributed by atoms with van der Waals surface area (Å²) in [5.74, 6) is 0.856. The molecule has 0 fully saturated rings. The molecule has 0 atom stereocenters. The summed E-state index contributed by atoms with van der Waals surface area (Å²) in [7, 11) is 0. The third-order valence-electron chi connectivity index (χ3n) is 2.34. The first-order chi connectivity index (χ1) is 6.27. The van der Waals surface area contributed by atoms with Crippen molar-refractivity contribution in [2.45, 2.75) is 45.4 Å². The molecule has 0 bridgehead atoms. The van der Waals surface area contributed by atoms with Crippen molar-refractivity contribution in [1.29, 1.82) is 0 Å². The van der Waals surface area contributed by atoms with Gasteiger partial charge >= 0.3 is 0 Å². The summed E-state index contributed by atoms with van der Waals surface area (Å²) in [4.78, 5) is 0. The zero-order chi connectivity index (χ0) is 11.0. The second-order valence-electron chi connectivity index (χ2n) is 5.37. The van der Waals surface area contributed by atoms with Crippen molar-refractivity contribution < 1.29 is 9.63 Å². The third kappa shape index (κ3) is 2.15. The molecule has 1 aromatic rings. The Morgan fingerprint density at radius 3 is 2.21 bits per heavy atom. The summed E-state index contributed by atoms with van der Waals surface area (Å²) >= 11 is 0. The molecule has 1 aromatic heterocycles. The molecule has 0 aliphatic heterocycles. The van der Waals surface area contributed by atoms with Crippen LogP contribution in [-0.4, -0.2) is 16.9 Å². The minimum atomic E-state index is -0.326. The van der Waals surface area contributed by atoms with E-state index in [1.807, 2.05) is 19.9 Å². The fourth-order valence-corrected chi connectivity index (χ4v) is 1.03. The lowest BCUT2D eigenvalue weighted by Gasteiger charge is -2.17. The van der Waals surface area contributed by atoms with Crippen LogP contribution in [0, 0.1) is 0 Å². The van der Waals surface area contributed by atoms with Crippen LogP contribution in [0.4, 0.5) is 0 Å². The first-order valence-corrected chi connectivity index (χ1v) is 4.86. The average Bonchev–Trinajstić information content (AvgIpc) is 2.51. The topological polar surface area (TPSA) is 46.3 Å². The first kappa shape index (κ1) is 11.2. The van der Waals surface area contributed by atoms with Crippen molar-refractivity contribution in [3.8, 4) is 0 Å². The second-order valence-corrected chi connectivity index (χ2v) is 5.37. The van der Waals surface area contributed by atoms with Gasteiger partial charge in [0.05, 0.1) is 12.3 Å². The quantitative estimate of drug-likeness (QED) is 0.791. The van der Waals surface area contributed by atoms with E-state index in [0.29, 0.717) is 0 Å². The van der Waals surface area contributed by atoms with Crippen molar-refractivity contribution in [3.05, 3.63) is 17.5 Å². The van der Waals surface area contributed by atoms with Crippen molar-refractivity contribution in [2.75, 3.05) is 6.61 Å². The van der Waals surface area contributed by atoms with Gasteiger partial charge in [-0.3, -0.25) is 0 Å². The molecule has 0 aliphatic rings. The molecule has 0 aliphatic carbocycles. The lowest BCUT2D eigenvalue weighted by molar-refractivity contribution is 0.209. The van der Waals surface area contributed by atoms with E-state index in [0.717, 1.165) is 11.5 Å². The molecule has 0 unspecified atom stereocenters. The van der Waals surface area contributed by atoms with Crippen molar-refractivity contribution in [2.24, 2.45) is 0 Å². The lowest BCUT2D eigenvalue weighted by Crippen LogP contribution is -2.22. The van der Waals surface area contributed by atoms with Gasteiger partial charge < -0.3 is 9.63 Å². The molecule has 0 radical (unpaired) electrons. The summed E-state index contributed by atoms with van der Waals surface area (Å²) in [6, 6.07) is 1.93. The van der Waals surface area contributed by atoms with Gasteiger partial charge in [-0.15, -0.1) is 0 Å². The zero-order valence-corrected chi connectivity index (χ0v) is 9.59. The van der Waals surface area contributed by atoms with Crippen LogP contribution in [0.25, 0.3) is 0 Å². The number of aliphatic hydroxyl groups excluding tert-OH is 1. The Morgan fingerprint density at radius 1 is 1.29 bits per heavy atom. The minimum absolute atomic E-state index is 0.0310. The lowest BCUT2D eigenvalue weighted by atomic mass is 9.87. The summed E-state index contributed by atoms with van der Waals surface area (Å²) < 4.78 is 5.26. The Morgan fingerprint density at radius 2 is 1.86 bits per heavy atom. The molecule has 1 heterocycles. The maximum atomic E-state index is 9.18. The fourth-order valence-electron chi connectivity index (χ4n) is 1.03. The van der Waals surface area contributed by atoms with Gasteiger partial charge in [0.1, 0.15) is 5.76 Å². The Balaban J connectivity index is 3.00. The molecule has 3 heteroatoms. The molecule has 80 valence electrons. The number of aromatic nitrogens is 1. The van der Waals surface area contributed by atoms with Crippen LogP contribution in [0.3, 0.4) is 0 Å². The number of hydrogen-bond donors (Lipinski definition) is 1. The average molecular weight is 197 g/mol. The van der Waals surface area contributed by atoms with Crippen LogP contribution in [0.2, 0.25) is 0 Å². The van der Waals surface area contributed by atoms with E-state index in [4.69, 9.17) is 4.52 Å². The molecule has 0 spiro atoms. The molecule has 1 rings (SSSR count). The highest BCUT2D eigenvalue weighted by Crippen LogP contribution is 2.28. The smallest absolute Gasteiger partial charge is 0.142 e. The Kier molecular flexibility index (Phi) is 2.72. The normalized spacial score (nSPS) is 13.3. The molecule has 0 aromatic carbocycles. The number of hydrogen-bond acceptors (Lipinski definition) is 3. The van der Waals surface area contributed by atoms with Crippen molar-refractivity contribution >= 4 is 0 Å². The van der Waals surface area contributed by atoms with E-state index < -0.39 is 0 Å². The Hall–Kier alpha value is -0.830. The summed E-state index contributed by atoms with van der Waals surface area (Å²) in [5, 5.41) is 13.2. The fraction of sp³-hybridized carbons (Fsp3) is 0.727. The molecule has 0 amide bonds. The van der Waals surface area contributed by atoms with E-state index in [-0.39, 0.29) is 17.4 Å². The van der Waals surface area contributed by atoms with Gasteiger partial charge in [0.15, 0.2) is 0 Å². The molecule has 14 heavy (non-hydrogen) atoms. The Bertz CT molecular complexity index is 307. The van der Waals surface area contributed by atoms with Crippen molar-refractivity contribution in [3.63, 3.8) is 0 Å². The van der Waals surface area contributed by atoms with Crippen LogP contribution >= 0.6 is 0 Å². The molecular weight excluding hydrogens is 178 g/mol. The highest BCUT2D eigenvalue weighted by Gasteiger charge is 2.27. The van der Waals surface area contributed by atoms with E-state index >= 15 is 0 Å². The zero-order valence-electron chi connectivity index (χ0n) is 9.59. The summed E-state index contributed by atoms with van der Waals surface area (Å²) in [6.45, 7) is 10.2. The van der Waals surface area contributed by atoms with E-state index in [1.54, 1.807) is 0 Å². The molecule has 3 nitrogen and oxygen atoms in total. The monoisotopic (exact) mass is 197 g/mol. The van der Waals surface area contributed by atoms with Crippen LogP contribution in [-0.2, 0) is 10.8 Å². The molecule has 1 N–H and O–H groups in total. The standard InChI is InChI=1S/C11H19NO2/c1-10(2,3)9-6-8(12-14-9)11(4,5)7-13/h6,13H,7H2,1-5H3. The van der Waals surface area contributed by atoms with E-state index in [1.165, 1.54) is 0 Å². The summed E-state index contributed by atoms with van der Waals surface area (Å²) in [6.07, 6.45) is 0. The molecular formula is C11H19NO2. The number of rotatable bonds is 2. The van der Waals surface area contributed by atoms with Gasteiger partial charge in [-0.05, 0) is 0 Å². The number of aliphatic hydroxyl groups is 1. The molecule has 0 saturated carbocycles. The maximum Gasteiger partial charge on any atom is 0.142 e. The first-order valence-electron chi connectivity index (χ1n) is 4.86. The second kappa shape index (κ2) is 3.39. The SMILES string of the molecule is CC(C)(C)c1cc(C(C)(C)CO)no1. The highest BCUT2D eigenvalue weighted by molar-refractivity contribution is 5.19. The van der Waals surface area contributed by atoms with Gasteiger partial charge in [0.2, 0.25) is 0 Å². The highest BCUT2D eigenvalue weighted by atomic mass is 16.5. The molecule has 0 saturated heterocycles. The van der Waals surface area contributed by atoms with Gasteiger partial charge in [0.25, 0.3) is 0 Å². The van der Waals surface area contributed by atoms with Crippen LogP contribution in [0.5, 0.6) is 0 Å². The van der Waals surface area contributed by atoms with Gasteiger partial charge in [-0.1, -0.05) is 39.8 Å². The van der Waals surface area contributed by atoms with E-state index in [2.05, 4.69) is 25.9 Å².